The Bertz CT molecular complexity index is 1230. The first-order valence-electron chi connectivity index (χ1n) is 9.56. The number of ketones is 1. The number of aliphatic hydroxyl groups excluding tert-OH is 1. The smallest absolute Gasteiger partial charge is 0.300 e. The van der Waals surface area contributed by atoms with E-state index in [2.05, 4.69) is 0 Å². The number of anilines is 1. The molecule has 1 unspecified atom stereocenters. The maximum atomic E-state index is 13.0. The average Bonchev–Trinajstić information content (AvgIpc) is 3.04. The third kappa shape index (κ3) is 3.57. The van der Waals surface area contributed by atoms with Gasteiger partial charge in [0.1, 0.15) is 5.76 Å². The number of benzene rings is 3. The Morgan fingerprint density at radius 2 is 1.68 bits per heavy atom. The Labute approximate surface area is 178 Å². The lowest BCUT2D eigenvalue weighted by Crippen LogP contribution is -2.29. The zero-order valence-corrected chi connectivity index (χ0v) is 16.6. The number of carbonyl (C=O) groups excluding carboxylic acids is 2. The van der Waals surface area contributed by atoms with Gasteiger partial charge in [-0.3, -0.25) is 24.6 Å². The first-order chi connectivity index (χ1) is 14.9. The van der Waals surface area contributed by atoms with Gasteiger partial charge in [-0.1, -0.05) is 60.2 Å². The van der Waals surface area contributed by atoms with E-state index in [1.807, 2.05) is 25.1 Å². The lowest BCUT2D eigenvalue weighted by molar-refractivity contribution is -0.384. The Hall–Kier alpha value is -4.26. The monoisotopic (exact) mass is 414 g/mol. The van der Waals surface area contributed by atoms with E-state index in [0.29, 0.717) is 11.3 Å². The van der Waals surface area contributed by atoms with E-state index in [1.165, 1.54) is 29.2 Å². The minimum absolute atomic E-state index is 0.0953. The number of amides is 1. The number of nitro groups is 1. The second-order valence-corrected chi connectivity index (χ2v) is 7.23. The summed E-state index contributed by atoms with van der Waals surface area (Å²) in [5.41, 5.74) is 1.84. The molecule has 0 radical (unpaired) electrons. The number of nitro benzene ring substituents is 1. The number of Topliss-reactive ketones (excluding diaryl/α,β-unsaturated/α-hetero) is 1. The SMILES string of the molecule is Cc1cccc(C2/C(=C(/O)c3cccc([N+](=O)[O-])c3)C(=O)C(=O)N2c2ccccc2)c1. The summed E-state index contributed by atoms with van der Waals surface area (Å²) in [6, 6.07) is 20.5. The van der Waals surface area contributed by atoms with Crippen LogP contribution < -0.4 is 4.90 Å². The molecule has 1 aliphatic heterocycles. The summed E-state index contributed by atoms with van der Waals surface area (Å²) in [6.07, 6.45) is 0. The fraction of sp³-hybridized carbons (Fsp3) is 0.0833. The molecule has 0 spiro atoms. The molecular formula is C24H18N2O5. The molecule has 3 aromatic rings. The van der Waals surface area contributed by atoms with Crippen LogP contribution in [0, 0.1) is 17.0 Å². The van der Waals surface area contributed by atoms with E-state index >= 15 is 0 Å². The Morgan fingerprint density at radius 3 is 2.35 bits per heavy atom. The van der Waals surface area contributed by atoms with Crippen LogP contribution in [0.4, 0.5) is 11.4 Å². The fourth-order valence-corrected chi connectivity index (χ4v) is 3.77. The van der Waals surface area contributed by atoms with Gasteiger partial charge in [-0.15, -0.1) is 0 Å². The van der Waals surface area contributed by atoms with Gasteiger partial charge in [0.25, 0.3) is 17.4 Å². The number of hydrogen-bond donors (Lipinski definition) is 1. The molecule has 4 rings (SSSR count). The number of carbonyl (C=O) groups is 2. The van der Waals surface area contributed by atoms with Crippen LogP contribution in [0.25, 0.3) is 5.76 Å². The van der Waals surface area contributed by atoms with Crippen molar-refractivity contribution in [2.75, 3.05) is 4.90 Å². The summed E-state index contributed by atoms with van der Waals surface area (Å²) in [5.74, 6) is -2.07. The van der Waals surface area contributed by atoms with Crippen LogP contribution in [0.15, 0.2) is 84.4 Å². The van der Waals surface area contributed by atoms with Crippen molar-refractivity contribution in [3.8, 4) is 0 Å². The predicted molar refractivity (Wildman–Crippen MR) is 116 cm³/mol. The van der Waals surface area contributed by atoms with Gasteiger partial charge in [0.2, 0.25) is 0 Å². The lowest BCUT2D eigenvalue weighted by Gasteiger charge is -2.25. The van der Waals surface area contributed by atoms with Gasteiger partial charge < -0.3 is 5.11 Å². The summed E-state index contributed by atoms with van der Waals surface area (Å²) in [7, 11) is 0. The molecule has 1 atom stereocenters. The number of aryl methyl sites for hydroxylation is 1. The first kappa shape index (κ1) is 20.0. The molecule has 1 heterocycles. The van der Waals surface area contributed by atoms with Crippen LogP contribution in [0.1, 0.15) is 22.7 Å². The summed E-state index contributed by atoms with van der Waals surface area (Å²) < 4.78 is 0. The van der Waals surface area contributed by atoms with Crippen molar-refractivity contribution in [3.05, 3.63) is 111 Å². The molecule has 154 valence electrons. The number of hydrogen-bond acceptors (Lipinski definition) is 5. The summed E-state index contributed by atoms with van der Waals surface area (Å²) in [6.45, 7) is 1.89. The number of para-hydroxylation sites is 1. The highest BCUT2D eigenvalue weighted by molar-refractivity contribution is 6.51. The number of aliphatic hydroxyl groups is 1. The highest BCUT2D eigenvalue weighted by atomic mass is 16.6. The van der Waals surface area contributed by atoms with E-state index in [9.17, 15) is 24.8 Å². The molecule has 0 aliphatic carbocycles. The van der Waals surface area contributed by atoms with Crippen LogP contribution in [0.3, 0.4) is 0 Å². The quantitative estimate of drug-likeness (QED) is 0.222. The Kier molecular flexibility index (Phi) is 5.09. The van der Waals surface area contributed by atoms with Gasteiger partial charge in [0.05, 0.1) is 16.5 Å². The van der Waals surface area contributed by atoms with Crippen LogP contribution in [0.2, 0.25) is 0 Å². The number of rotatable bonds is 4. The maximum Gasteiger partial charge on any atom is 0.300 e. The minimum atomic E-state index is -0.874. The van der Waals surface area contributed by atoms with Gasteiger partial charge >= 0.3 is 0 Å². The standard InChI is InChI=1S/C24H18N2O5/c1-15-7-5-8-16(13-15)21-20(22(27)17-9-6-12-19(14-17)26(30)31)23(28)24(29)25(21)18-10-3-2-4-11-18/h2-14,21,27H,1H3/b22-20-. The highest BCUT2D eigenvalue weighted by Gasteiger charge is 2.47. The average molecular weight is 414 g/mol. The molecule has 1 fully saturated rings. The largest absolute Gasteiger partial charge is 0.507 e. The summed E-state index contributed by atoms with van der Waals surface area (Å²) >= 11 is 0. The first-order valence-corrected chi connectivity index (χ1v) is 9.56. The van der Waals surface area contributed by atoms with E-state index in [-0.39, 0.29) is 16.8 Å². The summed E-state index contributed by atoms with van der Waals surface area (Å²) in [5, 5.41) is 22.2. The van der Waals surface area contributed by atoms with Crippen molar-refractivity contribution in [3.63, 3.8) is 0 Å². The molecule has 1 amide bonds. The summed E-state index contributed by atoms with van der Waals surface area (Å²) in [4.78, 5) is 38.0. The number of nitrogens with zero attached hydrogens (tertiary/aromatic N) is 2. The van der Waals surface area contributed by atoms with Crippen molar-refractivity contribution >= 4 is 28.8 Å². The molecule has 3 aromatic carbocycles. The van der Waals surface area contributed by atoms with Crippen LogP contribution in [-0.4, -0.2) is 21.7 Å². The van der Waals surface area contributed by atoms with E-state index < -0.39 is 28.4 Å². The zero-order chi connectivity index (χ0) is 22.1. The molecule has 1 N–H and O–H groups in total. The molecule has 1 saturated heterocycles. The van der Waals surface area contributed by atoms with Crippen molar-refractivity contribution in [2.24, 2.45) is 0 Å². The highest BCUT2D eigenvalue weighted by Crippen LogP contribution is 2.42. The van der Waals surface area contributed by atoms with E-state index in [1.54, 1.807) is 36.4 Å². The molecule has 0 bridgehead atoms. The van der Waals surface area contributed by atoms with Crippen molar-refractivity contribution in [1.29, 1.82) is 0 Å². The normalized spacial score (nSPS) is 17.7. The maximum absolute atomic E-state index is 13.0. The lowest BCUT2D eigenvalue weighted by atomic mass is 9.94. The third-order valence-corrected chi connectivity index (χ3v) is 5.17. The predicted octanol–water partition coefficient (Wildman–Crippen LogP) is 4.53. The fourth-order valence-electron chi connectivity index (χ4n) is 3.77. The van der Waals surface area contributed by atoms with E-state index in [4.69, 9.17) is 0 Å². The van der Waals surface area contributed by atoms with Crippen LogP contribution >= 0.6 is 0 Å². The van der Waals surface area contributed by atoms with Gasteiger partial charge in [0.15, 0.2) is 0 Å². The molecule has 0 aromatic heterocycles. The van der Waals surface area contributed by atoms with Crippen molar-refractivity contribution in [1.82, 2.24) is 0 Å². The molecule has 0 saturated carbocycles. The van der Waals surface area contributed by atoms with E-state index in [0.717, 1.165) is 5.56 Å². The second-order valence-electron chi connectivity index (χ2n) is 7.23. The molecule has 7 nitrogen and oxygen atoms in total. The molecule has 31 heavy (non-hydrogen) atoms. The van der Waals surface area contributed by atoms with Gasteiger partial charge in [-0.25, -0.2) is 0 Å². The molecular weight excluding hydrogens is 396 g/mol. The molecule has 7 heteroatoms. The number of non-ortho nitro benzene ring substituents is 1. The zero-order valence-electron chi connectivity index (χ0n) is 16.6. The molecule has 1 aliphatic rings. The van der Waals surface area contributed by atoms with Gasteiger partial charge in [-0.05, 0) is 24.6 Å². The Morgan fingerprint density at radius 1 is 0.968 bits per heavy atom. The minimum Gasteiger partial charge on any atom is -0.507 e. The Balaban J connectivity index is 1.96. The topological polar surface area (TPSA) is 101 Å². The second kappa shape index (κ2) is 7.87. The van der Waals surface area contributed by atoms with Crippen molar-refractivity contribution < 1.29 is 19.6 Å². The van der Waals surface area contributed by atoms with Crippen LogP contribution in [-0.2, 0) is 9.59 Å². The van der Waals surface area contributed by atoms with Crippen molar-refractivity contribution in [2.45, 2.75) is 13.0 Å². The van der Waals surface area contributed by atoms with Crippen LogP contribution in [0.5, 0.6) is 0 Å². The van der Waals surface area contributed by atoms with Gasteiger partial charge in [0, 0.05) is 23.4 Å². The third-order valence-electron chi connectivity index (χ3n) is 5.17. The van der Waals surface area contributed by atoms with Gasteiger partial charge in [-0.2, -0.15) is 0 Å².